The molecule has 0 saturated heterocycles. The van der Waals surface area contributed by atoms with Crippen molar-refractivity contribution >= 4 is 35.1 Å². The zero-order valence-corrected chi connectivity index (χ0v) is 10.3. The van der Waals surface area contributed by atoms with E-state index >= 15 is 0 Å². The van der Waals surface area contributed by atoms with Gasteiger partial charge in [-0.25, -0.2) is 0 Å². The summed E-state index contributed by atoms with van der Waals surface area (Å²) in [5, 5.41) is 7.11. The van der Waals surface area contributed by atoms with Gasteiger partial charge in [0.05, 0.1) is 11.4 Å². The Morgan fingerprint density at radius 3 is 2.17 bits per heavy atom. The summed E-state index contributed by atoms with van der Waals surface area (Å²) in [7, 11) is 0. The summed E-state index contributed by atoms with van der Waals surface area (Å²) >= 11 is 4.15. The van der Waals surface area contributed by atoms with Crippen LogP contribution >= 0.6 is 12.6 Å². The Labute approximate surface area is 109 Å². The largest absolute Gasteiger partial charge is 0.397 e. The maximum Gasteiger partial charge on any atom is 0.188 e. The van der Waals surface area contributed by atoms with Gasteiger partial charge in [0.25, 0.3) is 0 Å². The predicted octanol–water partition coefficient (Wildman–Crippen LogP) is 2.36. The number of hydrogen-bond donors (Lipinski definition) is 3. The first-order valence-corrected chi connectivity index (χ1v) is 5.63. The summed E-state index contributed by atoms with van der Waals surface area (Å²) in [6, 6.07) is 12.7. The Hall–Kier alpha value is -2.21. The minimum absolute atomic E-state index is 0.646. The molecule has 0 aliphatic carbocycles. The van der Waals surface area contributed by atoms with Gasteiger partial charge in [-0.1, -0.05) is 18.2 Å². The van der Waals surface area contributed by atoms with Crippen molar-refractivity contribution in [2.45, 2.75) is 4.90 Å². The maximum atomic E-state index is 5.39. The van der Waals surface area contributed by atoms with Crippen molar-refractivity contribution in [3.8, 4) is 0 Å². The number of nitrogens with zero attached hydrogens (tertiary/aromatic N) is 2. The number of anilines is 2. The lowest BCUT2D eigenvalue weighted by Crippen LogP contribution is -1.91. The zero-order chi connectivity index (χ0) is 13.0. The summed E-state index contributed by atoms with van der Waals surface area (Å²) < 4.78 is 4.79. The molecule has 0 radical (unpaired) electrons. The lowest BCUT2D eigenvalue weighted by Gasteiger charge is -1.94. The average molecular weight is 260 g/mol. The smallest absolute Gasteiger partial charge is 0.188 e. The molecule has 0 aliphatic rings. The van der Waals surface area contributed by atoms with E-state index in [2.05, 4.69) is 23.0 Å². The third-order valence-corrected chi connectivity index (χ3v) is 2.61. The molecule has 5 nitrogen and oxygen atoms in total. The molecule has 0 fully saturated rings. The van der Waals surface area contributed by atoms with E-state index in [9.17, 15) is 0 Å². The molecule has 0 aliphatic heterocycles. The number of thiol groups is 1. The van der Waals surface area contributed by atoms with Crippen LogP contribution in [0.3, 0.4) is 0 Å². The van der Waals surface area contributed by atoms with Crippen molar-refractivity contribution in [3.05, 3.63) is 42.5 Å². The summed E-state index contributed by atoms with van der Waals surface area (Å²) in [4.78, 5) is 0.791. The van der Waals surface area contributed by atoms with Crippen molar-refractivity contribution in [1.82, 2.24) is 10.4 Å². The molecule has 0 unspecified atom stereocenters. The van der Waals surface area contributed by atoms with Gasteiger partial charge in [-0.2, -0.15) is 0 Å². The molecule has 0 saturated carbocycles. The molecule has 0 atom stereocenters. The van der Waals surface area contributed by atoms with E-state index in [0.717, 1.165) is 4.90 Å². The van der Waals surface area contributed by atoms with Gasteiger partial charge in [0, 0.05) is 10.2 Å². The minimum Gasteiger partial charge on any atom is -0.397 e. The molecule has 4 N–H and O–H groups in total. The van der Waals surface area contributed by atoms with E-state index in [1.807, 2.05) is 24.3 Å². The quantitative estimate of drug-likeness (QED) is 0.426. The number of rotatable bonds is 0. The van der Waals surface area contributed by atoms with Gasteiger partial charge in [0.15, 0.2) is 5.58 Å². The lowest BCUT2D eigenvalue weighted by atomic mass is 10.3. The highest BCUT2D eigenvalue weighted by Crippen LogP contribution is 2.17. The van der Waals surface area contributed by atoms with Crippen molar-refractivity contribution in [2.75, 3.05) is 11.5 Å². The molecule has 92 valence electrons. The SMILES string of the molecule is Nc1ccccc1N.Sc1cccc2onnc12. The Kier molecular flexibility index (Phi) is 3.69. The van der Waals surface area contributed by atoms with Crippen molar-refractivity contribution in [3.63, 3.8) is 0 Å². The first-order valence-electron chi connectivity index (χ1n) is 5.18. The topological polar surface area (TPSA) is 91.0 Å². The number of para-hydroxylation sites is 2. The van der Waals surface area contributed by atoms with Crippen molar-refractivity contribution < 1.29 is 4.52 Å². The Bertz CT molecular complexity index is 632. The summed E-state index contributed by atoms with van der Waals surface area (Å²) in [6.07, 6.45) is 0. The standard InChI is InChI=1S/C6H4N2OS.C6H8N2/c10-5-3-1-2-4-6(5)7-8-9-4;7-5-3-1-2-4-6(5)8/h1-3,10H;1-4H,7-8H2. The van der Waals surface area contributed by atoms with Crippen molar-refractivity contribution in [1.29, 1.82) is 0 Å². The highest BCUT2D eigenvalue weighted by atomic mass is 32.1. The molecular formula is C12H12N4OS. The van der Waals surface area contributed by atoms with E-state index in [4.69, 9.17) is 16.0 Å². The molecule has 6 heteroatoms. The molecular weight excluding hydrogens is 248 g/mol. The third-order valence-electron chi connectivity index (χ3n) is 2.25. The van der Waals surface area contributed by atoms with Gasteiger partial charge in [0.2, 0.25) is 0 Å². The highest BCUT2D eigenvalue weighted by molar-refractivity contribution is 7.80. The Balaban J connectivity index is 0.000000138. The average Bonchev–Trinajstić information content (AvgIpc) is 2.84. The fraction of sp³-hybridized carbons (Fsp3) is 0. The number of nitrogen functional groups attached to an aromatic ring is 2. The van der Waals surface area contributed by atoms with E-state index in [1.165, 1.54) is 0 Å². The molecule has 0 amide bonds. The molecule has 3 rings (SSSR count). The van der Waals surface area contributed by atoms with Crippen LogP contribution in [0.25, 0.3) is 11.1 Å². The Morgan fingerprint density at radius 2 is 1.61 bits per heavy atom. The number of hydrogen-bond acceptors (Lipinski definition) is 6. The second-order valence-corrected chi connectivity index (χ2v) is 4.01. The minimum atomic E-state index is 0.646. The van der Waals surface area contributed by atoms with E-state index < -0.39 is 0 Å². The monoisotopic (exact) mass is 260 g/mol. The molecule has 1 aromatic heterocycles. The predicted molar refractivity (Wildman–Crippen MR) is 74.3 cm³/mol. The fourth-order valence-corrected chi connectivity index (χ4v) is 1.54. The molecule has 18 heavy (non-hydrogen) atoms. The van der Waals surface area contributed by atoms with E-state index in [1.54, 1.807) is 18.2 Å². The molecule has 0 bridgehead atoms. The number of benzene rings is 2. The zero-order valence-electron chi connectivity index (χ0n) is 9.45. The van der Waals surface area contributed by atoms with Crippen LogP contribution in [0.15, 0.2) is 51.9 Å². The normalized spacial score (nSPS) is 9.83. The van der Waals surface area contributed by atoms with Crippen molar-refractivity contribution in [2.24, 2.45) is 0 Å². The van der Waals surface area contributed by atoms with Crippen LogP contribution in [-0.2, 0) is 0 Å². The Morgan fingerprint density at radius 1 is 0.944 bits per heavy atom. The number of fused-ring (bicyclic) bond motifs is 1. The van der Waals surface area contributed by atoms with Gasteiger partial charge in [-0.05, 0) is 24.3 Å². The van der Waals surface area contributed by atoms with Crippen LogP contribution in [-0.4, -0.2) is 10.4 Å². The molecule has 2 aromatic carbocycles. The second-order valence-electron chi connectivity index (χ2n) is 3.53. The molecule has 1 heterocycles. The van der Waals surface area contributed by atoms with Gasteiger partial charge < -0.3 is 16.0 Å². The fourth-order valence-electron chi connectivity index (χ4n) is 1.30. The highest BCUT2D eigenvalue weighted by Gasteiger charge is 2.00. The summed E-state index contributed by atoms with van der Waals surface area (Å²) in [6.45, 7) is 0. The van der Waals surface area contributed by atoms with E-state index in [0.29, 0.717) is 22.5 Å². The van der Waals surface area contributed by atoms with Gasteiger partial charge in [-0.15, -0.1) is 17.7 Å². The van der Waals surface area contributed by atoms with Crippen LogP contribution in [0.5, 0.6) is 0 Å². The third kappa shape index (κ3) is 2.72. The van der Waals surface area contributed by atoms with Crippen LogP contribution < -0.4 is 11.5 Å². The van der Waals surface area contributed by atoms with Gasteiger partial charge in [-0.3, -0.25) is 0 Å². The van der Waals surface area contributed by atoms with E-state index in [-0.39, 0.29) is 0 Å². The summed E-state index contributed by atoms with van der Waals surface area (Å²) in [5.41, 5.74) is 13.5. The maximum absolute atomic E-state index is 5.39. The first kappa shape index (κ1) is 12.3. The first-order chi connectivity index (χ1) is 8.68. The van der Waals surface area contributed by atoms with Crippen LogP contribution in [0, 0.1) is 0 Å². The lowest BCUT2D eigenvalue weighted by molar-refractivity contribution is 0.424. The summed E-state index contributed by atoms with van der Waals surface area (Å²) in [5.74, 6) is 0. The van der Waals surface area contributed by atoms with Crippen LogP contribution in [0.2, 0.25) is 0 Å². The van der Waals surface area contributed by atoms with Crippen LogP contribution in [0.4, 0.5) is 11.4 Å². The molecule has 3 aromatic rings. The van der Waals surface area contributed by atoms with Crippen LogP contribution in [0.1, 0.15) is 0 Å². The van der Waals surface area contributed by atoms with Gasteiger partial charge >= 0.3 is 0 Å². The number of nitrogens with two attached hydrogens (primary N) is 2. The number of aromatic nitrogens is 2. The second kappa shape index (κ2) is 5.42. The van der Waals surface area contributed by atoms with Gasteiger partial charge in [0.1, 0.15) is 5.52 Å². The molecule has 0 spiro atoms.